The molecule has 0 radical (unpaired) electrons. The maximum Gasteiger partial charge on any atom is 0.161 e. The van der Waals surface area contributed by atoms with Crippen molar-refractivity contribution in [2.45, 2.75) is 13.8 Å². The molecule has 96 valence electrons. The van der Waals surface area contributed by atoms with E-state index in [2.05, 4.69) is 9.97 Å². The number of hydrogen-bond acceptors (Lipinski definition) is 5. The molecule has 0 unspecified atom stereocenters. The van der Waals surface area contributed by atoms with Crippen LogP contribution in [0.5, 0.6) is 5.75 Å². The fourth-order valence-electron chi connectivity index (χ4n) is 2.02. The predicted octanol–water partition coefficient (Wildman–Crippen LogP) is 2.22. The van der Waals surface area contributed by atoms with Crippen molar-refractivity contribution in [3.8, 4) is 23.2 Å². The zero-order valence-electron chi connectivity index (χ0n) is 11.1. The Bertz CT molecular complexity index is 651. The van der Waals surface area contributed by atoms with E-state index < -0.39 is 0 Å². The van der Waals surface area contributed by atoms with Crippen LogP contribution in [0.25, 0.3) is 11.4 Å². The Balaban J connectivity index is 2.54. The van der Waals surface area contributed by atoms with Crippen LogP contribution in [0.3, 0.4) is 0 Å². The van der Waals surface area contributed by atoms with Crippen molar-refractivity contribution >= 4 is 5.82 Å². The minimum absolute atomic E-state index is 0.193. The molecular weight excluding hydrogens is 240 g/mol. The Morgan fingerprint density at radius 2 is 1.89 bits per heavy atom. The first kappa shape index (κ1) is 12.8. The smallest absolute Gasteiger partial charge is 0.161 e. The summed E-state index contributed by atoms with van der Waals surface area (Å²) in [5, 5.41) is 8.81. The first-order valence-electron chi connectivity index (χ1n) is 5.75. The van der Waals surface area contributed by atoms with Gasteiger partial charge in [-0.25, -0.2) is 9.97 Å². The van der Waals surface area contributed by atoms with Crippen molar-refractivity contribution in [1.29, 1.82) is 5.26 Å². The number of methoxy groups -OCH3 is 1. The summed E-state index contributed by atoms with van der Waals surface area (Å²) in [4.78, 5) is 8.32. The lowest BCUT2D eigenvalue weighted by Gasteiger charge is -2.11. The first-order chi connectivity index (χ1) is 9.06. The highest BCUT2D eigenvalue weighted by atomic mass is 16.5. The minimum Gasteiger partial charge on any atom is -0.496 e. The summed E-state index contributed by atoms with van der Waals surface area (Å²) < 4.78 is 5.32. The van der Waals surface area contributed by atoms with Gasteiger partial charge in [-0.1, -0.05) is 0 Å². The third-order valence-electron chi connectivity index (χ3n) is 2.86. The van der Waals surface area contributed by atoms with E-state index in [4.69, 9.17) is 15.7 Å². The van der Waals surface area contributed by atoms with Crippen molar-refractivity contribution in [3.05, 3.63) is 35.0 Å². The van der Waals surface area contributed by atoms with Gasteiger partial charge in [-0.05, 0) is 37.1 Å². The predicted molar refractivity (Wildman–Crippen MR) is 72.6 cm³/mol. The van der Waals surface area contributed by atoms with Crippen molar-refractivity contribution < 1.29 is 4.74 Å². The molecule has 5 heteroatoms. The number of aromatic nitrogens is 2. The Hall–Kier alpha value is -2.61. The molecule has 0 aliphatic carbocycles. The second-order valence-corrected chi connectivity index (χ2v) is 4.25. The van der Waals surface area contributed by atoms with E-state index in [0.29, 0.717) is 5.82 Å². The third-order valence-corrected chi connectivity index (χ3v) is 2.86. The van der Waals surface area contributed by atoms with Crippen LogP contribution in [-0.2, 0) is 0 Å². The normalized spacial score (nSPS) is 10.0. The molecule has 0 fully saturated rings. The molecule has 0 bridgehead atoms. The van der Waals surface area contributed by atoms with E-state index in [1.807, 2.05) is 32.0 Å². The number of ether oxygens (including phenoxy) is 1. The van der Waals surface area contributed by atoms with Gasteiger partial charge < -0.3 is 10.5 Å². The molecule has 1 aromatic carbocycles. The second kappa shape index (κ2) is 4.94. The fraction of sp³-hybridized carbons (Fsp3) is 0.214. The van der Waals surface area contributed by atoms with E-state index >= 15 is 0 Å². The molecule has 0 aliphatic rings. The number of nitrogen functional groups attached to an aromatic ring is 1. The molecule has 2 rings (SSSR count). The summed E-state index contributed by atoms with van der Waals surface area (Å²) in [5.74, 6) is 1.55. The largest absolute Gasteiger partial charge is 0.496 e. The van der Waals surface area contributed by atoms with Gasteiger partial charge in [0.05, 0.1) is 13.3 Å². The molecule has 0 saturated heterocycles. The van der Waals surface area contributed by atoms with Gasteiger partial charge in [0.2, 0.25) is 0 Å². The summed E-state index contributed by atoms with van der Waals surface area (Å²) in [6.45, 7) is 3.92. The second-order valence-electron chi connectivity index (χ2n) is 4.25. The topological polar surface area (TPSA) is 84.8 Å². The summed E-state index contributed by atoms with van der Waals surface area (Å²) in [6.07, 6.45) is 1.44. The third kappa shape index (κ3) is 2.33. The number of aryl methyl sites for hydroxylation is 2. The van der Waals surface area contributed by atoms with Crippen LogP contribution in [-0.4, -0.2) is 17.1 Å². The zero-order valence-corrected chi connectivity index (χ0v) is 11.1. The lowest BCUT2D eigenvalue weighted by Crippen LogP contribution is -2.00. The highest BCUT2D eigenvalue weighted by Crippen LogP contribution is 2.28. The number of rotatable bonds is 2. The van der Waals surface area contributed by atoms with Gasteiger partial charge in [0.15, 0.2) is 5.82 Å². The van der Waals surface area contributed by atoms with E-state index in [0.717, 1.165) is 22.4 Å². The first-order valence-corrected chi connectivity index (χ1v) is 5.75. The van der Waals surface area contributed by atoms with E-state index in [1.54, 1.807) is 7.11 Å². The molecule has 0 atom stereocenters. The molecule has 0 amide bonds. The van der Waals surface area contributed by atoms with E-state index in [1.165, 1.54) is 6.20 Å². The van der Waals surface area contributed by atoms with Gasteiger partial charge in [0.1, 0.15) is 23.2 Å². The Morgan fingerprint density at radius 3 is 2.37 bits per heavy atom. The summed E-state index contributed by atoms with van der Waals surface area (Å²) >= 11 is 0. The van der Waals surface area contributed by atoms with Crippen LogP contribution in [0.2, 0.25) is 0 Å². The summed E-state index contributed by atoms with van der Waals surface area (Å²) in [5.41, 5.74) is 8.85. The number of benzene rings is 1. The number of nitrogens with two attached hydrogens (primary N) is 1. The van der Waals surface area contributed by atoms with Gasteiger partial charge in [-0.3, -0.25) is 0 Å². The monoisotopic (exact) mass is 254 g/mol. The molecule has 0 spiro atoms. The molecule has 5 nitrogen and oxygen atoms in total. The Labute approximate surface area is 111 Å². The molecular formula is C14H14N4O. The van der Waals surface area contributed by atoms with Crippen LogP contribution >= 0.6 is 0 Å². The van der Waals surface area contributed by atoms with Gasteiger partial charge >= 0.3 is 0 Å². The van der Waals surface area contributed by atoms with Gasteiger partial charge in [0.25, 0.3) is 0 Å². The van der Waals surface area contributed by atoms with Crippen LogP contribution < -0.4 is 10.5 Å². The van der Waals surface area contributed by atoms with Crippen LogP contribution in [0.4, 0.5) is 5.82 Å². The quantitative estimate of drug-likeness (QED) is 0.888. The van der Waals surface area contributed by atoms with E-state index in [-0.39, 0.29) is 11.4 Å². The SMILES string of the molecule is COc1c(C)cc(-c2ncc(C#N)c(N)n2)cc1C. The van der Waals surface area contributed by atoms with Gasteiger partial charge in [-0.15, -0.1) is 0 Å². The lowest BCUT2D eigenvalue weighted by atomic mass is 10.1. The molecule has 0 saturated carbocycles. The molecule has 0 aliphatic heterocycles. The maximum atomic E-state index is 8.81. The average molecular weight is 254 g/mol. The number of hydrogen-bond donors (Lipinski definition) is 1. The summed E-state index contributed by atoms with van der Waals surface area (Å²) in [6, 6.07) is 5.82. The average Bonchev–Trinajstić information content (AvgIpc) is 2.38. The highest BCUT2D eigenvalue weighted by molar-refractivity contribution is 5.63. The Morgan fingerprint density at radius 1 is 1.26 bits per heavy atom. The number of nitrogens with zero attached hydrogens (tertiary/aromatic N) is 3. The molecule has 1 aromatic heterocycles. The van der Waals surface area contributed by atoms with Crippen molar-refractivity contribution in [2.24, 2.45) is 0 Å². The Kier molecular flexibility index (Phi) is 3.34. The molecule has 2 aromatic rings. The standard InChI is InChI=1S/C14H14N4O/c1-8-4-10(5-9(2)12(8)19-3)14-17-7-11(6-15)13(16)18-14/h4-5,7H,1-3H3,(H2,16,17,18). The van der Waals surface area contributed by atoms with Crippen LogP contribution in [0.15, 0.2) is 18.3 Å². The summed E-state index contributed by atoms with van der Waals surface area (Å²) in [7, 11) is 1.64. The van der Waals surface area contributed by atoms with Gasteiger partial charge in [-0.2, -0.15) is 5.26 Å². The maximum absolute atomic E-state index is 8.81. The van der Waals surface area contributed by atoms with Crippen molar-refractivity contribution in [3.63, 3.8) is 0 Å². The lowest BCUT2D eigenvalue weighted by molar-refractivity contribution is 0.408. The van der Waals surface area contributed by atoms with E-state index in [9.17, 15) is 0 Å². The van der Waals surface area contributed by atoms with Gasteiger partial charge in [0, 0.05) is 5.56 Å². The number of nitriles is 1. The van der Waals surface area contributed by atoms with Crippen LogP contribution in [0, 0.1) is 25.2 Å². The molecule has 1 heterocycles. The minimum atomic E-state index is 0.193. The molecule has 19 heavy (non-hydrogen) atoms. The van der Waals surface area contributed by atoms with Crippen molar-refractivity contribution in [1.82, 2.24) is 9.97 Å². The highest BCUT2D eigenvalue weighted by Gasteiger charge is 2.10. The van der Waals surface area contributed by atoms with Crippen molar-refractivity contribution in [2.75, 3.05) is 12.8 Å². The number of anilines is 1. The zero-order chi connectivity index (χ0) is 14.0. The fourth-order valence-corrected chi connectivity index (χ4v) is 2.02. The van der Waals surface area contributed by atoms with Crippen LogP contribution in [0.1, 0.15) is 16.7 Å². The molecule has 2 N–H and O–H groups in total.